The van der Waals surface area contributed by atoms with Gasteiger partial charge in [-0.25, -0.2) is 18.0 Å². The average molecular weight is 621 g/mol. The standard InChI is InChI=1S/C31H36ClF3N4O4/c1-19-4-5-23(14-26(19)32)39(31(42)43-24-8-12-37(13-9-24)20(2)40)11-3-10-36-15-21-17-38(18-22(21)16-36)30(41)25-6-7-27(33)29(35)28(25)34/h4-7,14,21-22,24H,3,8-13,15-18H2,1-2H3. The largest absolute Gasteiger partial charge is 0.446 e. The molecule has 5 rings (SSSR count). The van der Waals surface area contributed by atoms with Crippen LogP contribution in [0.5, 0.6) is 0 Å². The summed E-state index contributed by atoms with van der Waals surface area (Å²) in [6.45, 7) is 7.99. The highest BCUT2D eigenvalue weighted by Crippen LogP contribution is 2.33. The third kappa shape index (κ3) is 6.93. The predicted molar refractivity (Wildman–Crippen MR) is 156 cm³/mol. The SMILES string of the molecule is CC(=O)N1CCC(OC(=O)N(CCCN2CC3CN(C(=O)c4ccc(F)c(F)c4F)CC3C2)c2ccc(C)c(Cl)c2)CC1. The number of likely N-dealkylation sites (tertiary alicyclic amines) is 3. The summed E-state index contributed by atoms with van der Waals surface area (Å²) in [7, 11) is 0. The first-order valence-corrected chi connectivity index (χ1v) is 15.0. The lowest BCUT2D eigenvalue weighted by atomic mass is 10.0. The molecule has 3 aliphatic heterocycles. The van der Waals surface area contributed by atoms with Crippen LogP contribution in [-0.2, 0) is 9.53 Å². The molecule has 232 valence electrons. The normalized spacial score (nSPS) is 20.8. The molecule has 3 fully saturated rings. The molecule has 0 N–H and O–H groups in total. The Bertz CT molecular complexity index is 1370. The Morgan fingerprint density at radius 2 is 1.63 bits per heavy atom. The number of carbonyl (C=O) groups is 3. The Kier molecular flexibility index (Phi) is 9.51. The number of rotatable bonds is 7. The summed E-state index contributed by atoms with van der Waals surface area (Å²) in [6.07, 6.45) is 1.14. The molecule has 3 heterocycles. The molecule has 43 heavy (non-hydrogen) atoms. The van der Waals surface area contributed by atoms with Gasteiger partial charge in [0.1, 0.15) is 6.10 Å². The maximum absolute atomic E-state index is 14.2. The van der Waals surface area contributed by atoms with Gasteiger partial charge in [0, 0.05) is 76.3 Å². The van der Waals surface area contributed by atoms with Gasteiger partial charge in [-0.15, -0.1) is 0 Å². The molecule has 0 aromatic heterocycles. The maximum Gasteiger partial charge on any atom is 0.414 e. The molecule has 0 aliphatic carbocycles. The summed E-state index contributed by atoms with van der Waals surface area (Å²) in [5.41, 5.74) is 1.10. The monoisotopic (exact) mass is 620 g/mol. The number of carbonyl (C=O) groups excluding carboxylic acids is 3. The Morgan fingerprint density at radius 1 is 0.953 bits per heavy atom. The van der Waals surface area contributed by atoms with Crippen LogP contribution in [0.25, 0.3) is 0 Å². The van der Waals surface area contributed by atoms with Crippen LogP contribution in [0, 0.1) is 36.2 Å². The van der Waals surface area contributed by atoms with Crippen molar-refractivity contribution in [3.8, 4) is 0 Å². The minimum absolute atomic E-state index is 0.0169. The molecule has 2 unspecified atom stereocenters. The van der Waals surface area contributed by atoms with Crippen LogP contribution in [0.15, 0.2) is 30.3 Å². The van der Waals surface area contributed by atoms with Gasteiger partial charge in [-0.1, -0.05) is 17.7 Å². The van der Waals surface area contributed by atoms with Gasteiger partial charge >= 0.3 is 6.09 Å². The van der Waals surface area contributed by atoms with Crippen LogP contribution in [0.2, 0.25) is 5.02 Å². The van der Waals surface area contributed by atoms with Crippen LogP contribution in [0.4, 0.5) is 23.7 Å². The Morgan fingerprint density at radius 3 is 2.26 bits per heavy atom. The molecule has 12 heteroatoms. The molecule has 2 atom stereocenters. The zero-order valence-corrected chi connectivity index (χ0v) is 25.1. The number of hydrogen-bond donors (Lipinski definition) is 0. The number of piperidine rings is 1. The molecule has 3 aliphatic rings. The lowest BCUT2D eigenvalue weighted by molar-refractivity contribution is -0.130. The second-order valence-electron chi connectivity index (χ2n) is 11.7. The second-order valence-corrected chi connectivity index (χ2v) is 12.1. The molecular weight excluding hydrogens is 585 g/mol. The number of fused-ring (bicyclic) bond motifs is 1. The number of aryl methyl sites for hydroxylation is 1. The zero-order chi connectivity index (χ0) is 30.8. The first-order valence-electron chi connectivity index (χ1n) is 14.7. The van der Waals surface area contributed by atoms with Gasteiger partial charge in [-0.3, -0.25) is 14.5 Å². The minimum atomic E-state index is -1.64. The number of benzene rings is 2. The fourth-order valence-corrected chi connectivity index (χ4v) is 6.50. The van der Waals surface area contributed by atoms with E-state index in [-0.39, 0.29) is 23.8 Å². The molecule has 3 amide bonds. The van der Waals surface area contributed by atoms with E-state index < -0.39 is 35.0 Å². The second kappa shape index (κ2) is 13.1. The first kappa shape index (κ1) is 31.1. The molecular formula is C31H36ClF3N4O4. The molecule has 0 saturated carbocycles. The van der Waals surface area contributed by atoms with Gasteiger partial charge in [-0.05, 0) is 61.6 Å². The van der Waals surface area contributed by atoms with Crippen LogP contribution in [-0.4, -0.2) is 91.1 Å². The third-order valence-electron chi connectivity index (χ3n) is 8.81. The van der Waals surface area contributed by atoms with Gasteiger partial charge < -0.3 is 19.4 Å². The van der Waals surface area contributed by atoms with Crippen molar-refractivity contribution in [1.29, 1.82) is 0 Å². The van der Waals surface area contributed by atoms with Crippen molar-refractivity contribution in [1.82, 2.24) is 14.7 Å². The number of nitrogens with zero attached hydrogens (tertiary/aromatic N) is 4. The summed E-state index contributed by atoms with van der Waals surface area (Å²) in [5, 5.41) is 0.555. The number of anilines is 1. The van der Waals surface area contributed by atoms with E-state index in [4.69, 9.17) is 16.3 Å². The van der Waals surface area contributed by atoms with E-state index in [0.717, 1.165) is 37.3 Å². The highest BCUT2D eigenvalue weighted by Gasteiger charge is 2.42. The topological polar surface area (TPSA) is 73.4 Å². The van der Waals surface area contributed by atoms with Gasteiger partial charge in [-0.2, -0.15) is 0 Å². The molecule has 0 spiro atoms. The van der Waals surface area contributed by atoms with E-state index in [0.29, 0.717) is 62.7 Å². The minimum Gasteiger partial charge on any atom is -0.446 e. The lowest BCUT2D eigenvalue weighted by Crippen LogP contribution is -2.43. The fraction of sp³-hybridized carbons (Fsp3) is 0.516. The Labute approximate surface area is 254 Å². The van der Waals surface area contributed by atoms with Crippen LogP contribution in [0.3, 0.4) is 0 Å². The summed E-state index contributed by atoms with van der Waals surface area (Å²) >= 11 is 6.38. The smallest absolute Gasteiger partial charge is 0.414 e. The van der Waals surface area contributed by atoms with Crippen molar-refractivity contribution in [2.24, 2.45) is 11.8 Å². The Balaban J connectivity index is 1.15. The Hall–Kier alpha value is -3.31. The van der Waals surface area contributed by atoms with Gasteiger partial charge in [0.2, 0.25) is 5.91 Å². The highest BCUT2D eigenvalue weighted by molar-refractivity contribution is 6.31. The van der Waals surface area contributed by atoms with Crippen molar-refractivity contribution >= 4 is 35.2 Å². The maximum atomic E-state index is 14.2. The van der Waals surface area contributed by atoms with Gasteiger partial charge in [0.15, 0.2) is 17.5 Å². The van der Waals surface area contributed by atoms with Crippen LogP contribution in [0.1, 0.15) is 42.1 Å². The quantitative estimate of drug-likeness (QED) is 0.402. The van der Waals surface area contributed by atoms with Crippen molar-refractivity contribution in [3.63, 3.8) is 0 Å². The third-order valence-corrected chi connectivity index (χ3v) is 9.22. The molecule has 0 radical (unpaired) electrons. The molecule has 2 aromatic carbocycles. The molecule has 8 nitrogen and oxygen atoms in total. The van der Waals surface area contributed by atoms with E-state index in [1.54, 1.807) is 15.9 Å². The van der Waals surface area contributed by atoms with E-state index >= 15 is 0 Å². The average Bonchev–Trinajstić information content (AvgIpc) is 3.55. The number of ether oxygens (including phenoxy) is 1. The van der Waals surface area contributed by atoms with Gasteiger partial charge in [0.05, 0.1) is 5.56 Å². The number of amides is 3. The van der Waals surface area contributed by atoms with E-state index in [2.05, 4.69) is 4.90 Å². The first-order chi connectivity index (χ1) is 20.5. The van der Waals surface area contributed by atoms with E-state index in [9.17, 15) is 27.6 Å². The van der Waals surface area contributed by atoms with Crippen LogP contribution < -0.4 is 4.90 Å². The predicted octanol–water partition coefficient (Wildman–Crippen LogP) is 5.11. The summed E-state index contributed by atoms with van der Waals surface area (Å²) < 4.78 is 47.0. The fourth-order valence-electron chi connectivity index (χ4n) is 6.32. The highest BCUT2D eigenvalue weighted by atomic mass is 35.5. The van der Waals surface area contributed by atoms with Crippen molar-refractivity contribution in [3.05, 3.63) is 63.9 Å². The van der Waals surface area contributed by atoms with Crippen molar-refractivity contribution in [2.75, 3.05) is 57.3 Å². The summed E-state index contributed by atoms with van der Waals surface area (Å²) in [6, 6.07) is 7.24. The number of hydrogen-bond acceptors (Lipinski definition) is 5. The van der Waals surface area contributed by atoms with E-state index in [1.807, 2.05) is 19.1 Å². The van der Waals surface area contributed by atoms with E-state index in [1.165, 1.54) is 11.8 Å². The zero-order valence-electron chi connectivity index (χ0n) is 24.3. The molecule has 0 bridgehead atoms. The summed E-state index contributed by atoms with van der Waals surface area (Å²) in [5.74, 6) is -4.65. The summed E-state index contributed by atoms with van der Waals surface area (Å²) in [4.78, 5) is 45.0. The van der Waals surface area contributed by atoms with Crippen LogP contribution >= 0.6 is 11.6 Å². The van der Waals surface area contributed by atoms with Crippen molar-refractivity contribution < 1.29 is 32.3 Å². The lowest BCUT2D eigenvalue weighted by Gasteiger charge is -2.32. The number of halogens is 4. The van der Waals surface area contributed by atoms with Gasteiger partial charge in [0.25, 0.3) is 5.91 Å². The van der Waals surface area contributed by atoms with Crippen molar-refractivity contribution in [2.45, 2.75) is 39.2 Å². The molecule has 3 saturated heterocycles. The molecule has 2 aromatic rings.